The topological polar surface area (TPSA) is 168 Å². The van der Waals surface area contributed by atoms with Crippen molar-refractivity contribution in [3.05, 3.63) is 0 Å². The Morgan fingerprint density at radius 3 is 2.32 bits per heavy atom. The lowest BCUT2D eigenvalue weighted by Crippen LogP contribution is -2.60. The predicted molar refractivity (Wildman–Crippen MR) is 63.2 cm³/mol. The van der Waals surface area contributed by atoms with Crippen LogP contribution in [0.4, 0.5) is 0 Å². The van der Waals surface area contributed by atoms with Gasteiger partial charge in [0.15, 0.2) is 6.29 Å². The minimum Gasteiger partial charge on any atom is -0.394 e. The molecule has 0 amide bonds. The van der Waals surface area contributed by atoms with E-state index in [0.717, 1.165) is 0 Å². The zero-order valence-electron chi connectivity index (χ0n) is 11.3. The molecule has 1 spiro atoms. The second-order valence-corrected chi connectivity index (χ2v) is 5.42. The molecule has 0 aromatic heterocycles. The van der Waals surface area contributed by atoms with Crippen LogP contribution in [-0.2, 0) is 23.4 Å². The normalized spacial score (nSPS) is 47.2. The summed E-state index contributed by atoms with van der Waals surface area (Å²) in [7, 11) is -1.26. The van der Waals surface area contributed by atoms with Crippen molar-refractivity contribution in [3.63, 3.8) is 0 Å². The Bertz CT molecular complexity index is 418. The van der Waals surface area contributed by atoms with Crippen LogP contribution in [0.1, 0.15) is 6.42 Å². The van der Waals surface area contributed by atoms with Gasteiger partial charge < -0.3 is 54.1 Å². The molecule has 0 bridgehead atoms. The van der Waals surface area contributed by atoms with Crippen molar-refractivity contribution in [2.75, 3.05) is 13.2 Å². The molecule has 0 saturated carbocycles. The summed E-state index contributed by atoms with van der Waals surface area (Å²) in [5.41, 5.74) is 0. The Balaban J connectivity index is 1.48. The van der Waals surface area contributed by atoms with Crippen LogP contribution in [0.15, 0.2) is 0 Å². The summed E-state index contributed by atoms with van der Waals surface area (Å²) in [6.45, 7) is -1.06. The Kier molecular flexibility index (Phi) is 4.20. The first-order valence-electron chi connectivity index (χ1n) is 6.67. The number of ether oxygens (including phenoxy) is 2. The van der Waals surface area contributed by atoms with Gasteiger partial charge in [-0.3, -0.25) is 0 Å². The molecule has 126 valence electrons. The molecule has 3 fully saturated rings. The van der Waals surface area contributed by atoms with Gasteiger partial charge in [0.1, 0.15) is 18.3 Å². The fraction of sp³-hybridized carbons (Fsp3) is 1.00. The van der Waals surface area contributed by atoms with Crippen molar-refractivity contribution < 1.29 is 54.1 Å². The van der Waals surface area contributed by atoms with Crippen molar-refractivity contribution in [2.24, 2.45) is 0 Å². The molecule has 0 aliphatic carbocycles. The maximum absolute atomic E-state index is 9.92. The van der Waals surface area contributed by atoms with Crippen molar-refractivity contribution in [2.45, 2.75) is 48.9 Å². The van der Waals surface area contributed by atoms with Crippen molar-refractivity contribution in [3.8, 4) is 0 Å². The minimum atomic E-state index is -2.32. The fourth-order valence-corrected chi connectivity index (χ4v) is 2.50. The van der Waals surface area contributed by atoms with Crippen LogP contribution in [0.25, 0.3) is 0 Å². The molecule has 3 aliphatic heterocycles. The molecule has 12 heteroatoms. The first-order valence-corrected chi connectivity index (χ1v) is 6.67. The first kappa shape index (κ1) is 16.5. The van der Waals surface area contributed by atoms with E-state index in [9.17, 15) is 25.5 Å². The van der Waals surface area contributed by atoms with Crippen LogP contribution in [0.2, 0.25) is 0 Å². The smallest absolute Gasteiger partial charge is 0.394 e. The SMILES string of the molecule is OC[C@H]1OC2(C[C@H]1O)O[10B](OC[C@]1(O)O[C@H](O)[C@@H](O)[C@@H]1O)O2. The summed E-state index contributed by atoms with van der Waals surface area (Å²) in [5, 5.41) is 56.5. The standard InChI is InChI=1S/C10H17BO11/c12-2-5-4(13)1-10(19-5)21-11(22-10)18-3-9(17)7(15)6(14)8(16)20-9/h4-8,12-17H,1-3H2/t4-,5-,6+,7+,8+,9+/m1/s1/i11-1. The van der Waals surface area contributed by atoms with Gasteiger partial charge in [0.2, 0.25) is 5.79 Å². The van der Waals surface area contributed by atoms with Gasteiger partial charge in [-0.15, -0.1) is 0 Å². The van der Waals surface area contributed by atoms with Gasteiger partial charge in [-0.1, -0.05) is 0 Å². The molecule has 3 saturated heterocycles. The average molecular weight is 323 g/mol. The number of hydrogen-bond acceptors (Lipinski definition) is 11. The van der Waals surface area contributed by atoms with E-state index < -0.39 is 63.0 Å². The molecule has 6 atom stereocenters. The molecule has 3 aliphatic rings. The Labute approximate surface area is 124 Å². The van der Waals surface area contributed by atoms with E-state index in [1.54, 1.807) is 0 Å². The Morgan fingerprint density at radius 1 is 1.14 bits per heavy atom. The van der Waals surface area contributed by atoms with Crippen molar-refractivity contribution >= 4 is 7.32 Å². The summed E-state index contributed by atoms with van der Waals surface area (Å²) in [5.74, 6) is -3.84. The minimum absolute atomic E-state index is 0.0289. The third kappa shape index (κ3) is 2.66. The highest BCUT2D eigenvalue weighted by Gasteiger charge is 2.62. The van der Waals surface area contributed by atoms with E-state index in [1.165, 1.54) is 0 Å². The van der Waals surface area contributed by atoms with Crippen molar-refractivity contribution in [1.82, 2.24) is 0 Å². The highest BCUT2D eigenvalue weighted by Crippen LogP contribution is 2.41. The Morgan fingerprint density at radius 2 is 1.82 bits per heavy atom. The first-order chi connectivity index (χ1) is 10.3. The van der Waals surface area contributed by atoms with Crippen LogP contribution in [-0.4, -0.2) is 93.6 Å². The number of aliphatic hydroxyl groups is 6. The second kappa shape index (κ2) is 5.61. The fourth-order valence-electron chi connectivity index (χ4n) is 2.50. The molecule has 0 aromatic rings. The molecule has 0 aromatic carbocycles. The summed E-state index contributed by atoms with van der Waals surface area (Å²) in [6.07, 6.45) is -7.03. The molecule has 6 N–H and O–H groups in total. The molecular weight excluding hydrogens is 306 g/mol. The van der Waals surface area contributed by atoms with Gasteiger partial charge in [0.05, 0.1) is 25.7 Å². The highest BCUT2D eigenvalue weighted by atomic mass is 17.0. The molecule has 22 heavy (non-hydrogen) atoms. The molecule has 3 heterocycles. The van der Waals surface area contributed by atoms with E-state index in [4.69, 9.17) is 23.8 Å². The monoisotopic (exact) mass is 323 g/mol. The second-order valence-electron chi connectivity index (χ2n) is 5.42. The molecule has 3 rings (SSSR count). The summed E-state index contributed by atoms with van der Waals surface area (Å²) in [4.78, 5) is 0. The van der Waals surface area contributed by atoms with E-state index >= 15 is 0 Å². The van der Waals surface area contributed by atoms with Gasteiger partial charge in [0.25, 0.3) is 5.97 Å². The van der Waals surface area contributed by atoms with E-state index in [2.05, 4.69) is 4.74 Å². The van der Waals surface area contributed by atoms with E-state index in [-0.39, 0.29) is 6.42 Å². The number of rotatable bonds is 4. The molecular formula is C10H17BO11. The Hall–Kier alpha value is -0.375. The van der Waals surface area contributed by atoms with Crippen LogP contribution >= 0.6 is 0 Å². The lowest BCUT2D eigenvalue weighted by Gasteiger charge is -2.41. The zero-order chi connectivity index (χ0) is 16.1. The summed E-state index contributed by atoms with van der Waals surface area (Å²) < 4.78 is 25.2. The van der Waals surface area contributed by atoms with Gasteiger partial charge >= 0.3 is 7.32 Å². The van der Waals surface area contributed by atoms with Crippen LogP contribution < -0.4 is 0 Å². The lowest BCUT2D eigenvalue weighted by atomic mass is 9.48. The average Bonchev–Trinajstić information content (AvgIpc) is 2.87. The van der Waals surface area contributed by atoms with Gasteiger partial charge in [-0.25, -0.2) is 0 Å². The van der Waals surface area contributed by atoms with E-state index in [1.807, 2.05) is 0 Å². The lowest BCUT2D eigenvalue weighted by molar-refractivity contribution is -0.382. The number of hydrogen-bond donors (Lipinski definition) is 6. The molecule has 0 unspecified atom stereocenters. The van der Waals surface area contributed by atoms with Crippen molar-refractivity contribution in [1.29, 1.82) is 0 Å². The van der Waals surface area contributed by atoms with Gasteiger partial charge in [-0.2, -0.15) is 0 Å². The maximum Gasteiger partial charge on any atom is 0.647 e. The quantitative estimate of drug-likeness (QED) is 0.276. The van der Waals surface area contributed by atoms with Crippen LogP contribution in [0.5, 0.6) is 0 Å². The van der Waals surface area contributed by atoms with Gasteiger partial charge in [0, 0.05) is 0 Å². The zero-order valence-corrected chi connectivity index (χ0v) is 11.3. The summed E-state index contributed by atoms with van der Waals surface area (Å²) in [6, 6.07) is 0. The molecule has 0 radical (unpaired) electrons. The third-order valence-corrected chi connectivity index (χ3v) is 3.78. The van der Waals surface area contributed by atoms with Crippen LogP contribution in [0.3, 0.4) is 0 Å². The largest absolute Gasteiger partial charge is 0.647 e. The predicted octanol–water partition coefficient (Wildman–Crippen LogP) is -4.41. The number of aliphatic hydroxyl groups excluding tert-OH is 5. The van der Waals surface area contributed by atoms with Crippen LogP contribution in [0, 0.1) is 0 Å². The highest BCUT2D eigenvalue weighted by molar-refractivity contribution is 6.38. The summed E-state index contributed by atoms with van der Waals surface area (Å²) >= 11 is 0. The molecule has 11 nitrogen and oxygen atoms in total. The van der Waals surface area contributed by atoms with Gasteiger partial charge in [-0.05, 0) is 0 Å². The van der Waals surface area contributed by atoms with E-state index in [0.29, 0.717) is 0 Å². The third-order valence-electron chi connectivity index (χ3n) is 3.78. The maximum atomic E-state index is 9.92.